The molecule has 8 nitrogen and oxygen atoms in total. The molecule has 1 N–H and O–H groups in total. The molecule has 294 valence electrons. The molecule has 0 saturated heterocycles. The fourth-order valence-electron chi connectivity index (χ4n) is 10.1. The van der Waals surface area contributed by atoms with Gasteiger partial charge in [-0.25, -0.2) is 0 Å². The SMILES string of the molecule is O=C(OCCCc1ccc(OCCOCCOCCOc2ccc(-c3c4ccccc4[n+](CCCO)c4ccccc34)cc2)cc1)C12CC3CC(CC(C3)C1)C2. The molecular weight excluding hydrogens is 703 g/mol. The minimum atomic E-state index is -0.167. The first-order valence-electron chi connectivity index (χ1n) is 20.8. The van der Waals surface area contributed by atoms with E-state index in [2.05, 4.69) is 77.4 Å². The van der Waals surface area contributed by atoms with Crippen LogP contribution in [-0.2, 0) is 32.0 Å². The maximum atomic E-state index is 13.1. The van der Waals surface area contributed by atoms with Gasteiger partial charge < -0.3 is 28.8 Å². The van der Waals surface area contributed by atoms with Crippen molar-refractivity contribution in [1.82, 2.24) is 0 Å². The van der Waals surface area contributed by atoms with Crippen LogP contribution >= 0.6 is 0 Å². The summed E-state index contributed by atoms with van der Waals surface area (Å²) in [5, 5.41) is 11.9. The van der Waals surface area contributed by atoms with E-state index in [1.54, 1.807) is 0 Å². The van der Waals surface area contributed by atoms with E-state index in [1.165, 1.54) is 41.2 Å². The van der Waals surface area contributed by atoms with Crippen LogP contribution in [-0.4, -0.2) is 63.9 Å². The van der Waals surface area contributed by atoms with Crippen LogP contribution in [0.4, 0.5) is 0 Å². The minimum absolute atomic E-state index is 0.0817. The van der Waals surface area contributed by atoms with Crippen LogP contribution in [0.15, 0.2) is 97.1 Å². The van der Waals surface area contributed by atoms with E-state index in [9.17, 15) is 9.90 Å². The molecule has 0 aliphatic heterocycles. The lowest BCUT2D eigenvalue weighted by atomic mass is 9.49. The third kappa shape index (κ3) is 8.88. The van der Waals surface area contributed by atoms with Crippen LogP contribution in [0, 0.1) is 23.2 Å². The van der Waals surface area contributed by atoms with Crippen molar-refractivity contribution in [2.24, 2.45) is 23.2 Å². The molecule has 9 rings (SSSR count). The first-order valence-corrected chi connectivity index (χ1v) is 20.8. The zero-order valence-corrected chi connectivity index (χ0v) is 32.5. The van der Waals surface area contributed by atoms with E-state index in [0.717, 1.165) is 84.5 Å². The maximum Gasteiger partial charge on any atom is 0.312 e. The van der Waals surface area contributed by atoms with Gasteiger partial charge in [0.1, 0.15) is 24.7 Å². The number of carbonyl (C=O) groups excluding carboxylic acids is 1. The van der Waals surface area contributed by atoms with E-state index in [-0.39, 0.29) is 18.0 Å². The Bertz CT molecular complexity index is 1970. The summed E-state index contributed by atoms with van der Waals surface area (Å²) in [6.07, 6.45) is 9.63. The second-order valence-corrected chi connectivity index (χ2v) is 16.2. The topological polar surface area (TPSA) is 87.3 Å². The van der Waals surface area contributed by atoms with Crippen molar-refractivity contribution >= 4 is 27.8 Å². The number of aromatic nitrogens is 1. The summed E-state index contributed by atoms with van der Waals surface area (Å²) in [6, 6.07) is 33.4. The molecule has 0 amide bonds. The van der Waals surface area contributed by atoms with Gasteiger partial charge in [-0.3, -0.25) is 4.79 Å². The summed E-state index contributed by atoms with van der Waals surface area (Å²) >= 11 is 0. The standard InChI is InChI=1S/C48H56NO7/c50-21-6-20-49-44-10-3-1-8-42(44)46(43-9-2-4-11-45(43)49)39-14-18-41(19-15-39)55-28-26-53-24-23-52-25-27-54-40-16-12-35(13-17-40)7-5-22-56-47(51)48-32-36-29-37(33-48)31-38(30-36)34-48/h1-4,8-19,36-38,50H,5-7,20-34H2/q+1. The highest BCUT2D eigenvalue weighted by atomic mass is 16.6. The summed E-state index contributed by atoms with van der Waals surface area (Å²) < 4.78 is 31.4. The lowest BCUT2D eigenvalue weighted by molar-refractivity contribution is -0.645. The van der Waals surface area contributed by atoms with Crippen LogP contribution in [0.1, 0.15) is 56.9 Å². The van der Waals surface area contributed by atoms with Crippen LogP contribution in [0.2, 0.25) is 0 Å². The molecule has 1 heterocycles. The first-order chi connectivity index (χ1) is 27.6. The van der Waals surface area contributed by atoms with E-state index < -0.39 is 0 Å². The average molecular weight is 759 g/mol. The molecule has 4 aliphatic rings. The van der Waals surface area contributed by atoms with Gasteiger partial charge in [-0.05, 0) is 117 Å². The molecule has 4 bridgehead atoms. The predicted octanol–water partition coefficient (Wildman–Crippen LogP) is 8.51. The molecule has 4 aromatic carbocycles. The minimum Gasteiger partial charge on any atom is -0.491 e. The van der Waals surface area contributed by atoms with Crippen molar-refractivity contribution < 1.29 is 38.2 Å². The molecule has 8 heteroatoms. The fourth-order valence-corrected chi connectivity index (χ4v) is 10.1. The number of hydrogen-bond acceptors (Lipinski definition) is 7. The third-order valence-electron chi connectivity index (χ3n) is 12.2. The van der Waals surface area contributed by atoms with Gasteiger partial charge in [-0.2, -0.15) is 4.57 Å². The van der Waals surface area contributed by atoms with E-state index in [4.69, 9.17) is 23.7 Å². The Morgan fingerprint density at radius 2 is 1.14 bits per heavy atom. The summed E-state index contributed by atoms with van der Waals surface area (Å²) in [5.74, 6) is 3.97. The zero-order chi connectivity index (χ0) is 38.2. The number of para-hydroxylation sites is 2. The largest absolute Gasteiger partial charge is 0.491 e. The van der Waals surface area contributed by atoms with E-state index in [0.29, 0.717) is 52.7 Å². The molecule has 4 fully saturated rings. The number of ether oxygens (including phenoxy) is 5. The zero-order valence-electron chi connectivity index (χ0n) is 32.5. The van der Waals surface area contributed by atoms with E-state index >= 15 is 0 Å². The highest BCUT2D eigenvalue weighted by molar-refractivity contribution is 6.07. The summed E-state index contributed by atoms with van der Waals surface area (Å²) in [6.45, 7) is 4.27. The normalized spacial score (nSPS) is 21.1. The molecule has 0 radical (unpaired) electrons. The Balaban J connectivity index is 0.693. The van der Waals surface area contributed by atoms with Crippen molar-refractivity contribution in [2.45, 2.75) is 64.3 Å². The molecule has 0 unspecified atom stereocenters. The first kappa shape index (κ1) is 38.4. The molecule has 4 aliphatic carbocycles. The van der Waals surface area contributed by atoms with Crippen molar-refractivity contribution in [3.8, 4) is 22.6 Å². The number of hydrogen-bond donors (Lipinski definition) is 1. The van der Waals surface area contributed by atoms with Crippen LogP contribution < -0.4 is 14.0 Å². The van der Waals surface area contributed by atoms with Crippen molar-refractivity contribution in [2.75, 3.05) is 52.9 Å². The van der Waals surface area contributed by atoms with Gasteiger partial charge >= 0.3 is 5.97 Å². The molecule has 4 saturated carbocycles. The lowest BCUT2D eigenvalue weighted by Gasteiger charge is -2.55. The number of rotatable bonds is 20. The number of nitrogens with zero attached hydrogens (tertiary/aromatic N) is 1. The summed E-state index contributed by atoms with van der Waals surface area (Å²) in [4.78, 5) is 13.1. The lowest BCUT2D eigenvalue weighted by Crippen LogP contribution is -2.50. The van der Waals surface area contributed by atoms with Gasteiger partial charge in [-0.1, -0.05) is 48.5 Å². The van der Waals surface area contributed by atoms with Gasteiger partial charge in [0.25, 0.3) is 0 Å². The van der Waals surface area contributed by atoms with Crippen molar-refractivity contribution in [1.29, 1.82) is 0 Å². The number of pyridine rings is 1. The Morgan fingerprint density at radius 3 is 1.70 bits per heavy atom. The molecule has 5 aromatic rings. The molecule has 0 spiro atoms. The van der Waals surface area contributed by atoms with Crippen molar-refractivity contribution in [3.63, 3.8) is 0 Å². The van der Waals surface area contributed by atoms with Crippen LogP contribution in [0.5, 0.6) is 11.5 Å². The third-order valence-corrected chi connectivity index (χ3v) is 12.2. The smallest absolute Gasteiger partial charge is 0.312 e. The highest BCUT2D eigenvalue weighted by Gasteiger charge is 2.55. The summed E-state index contributed by atoms with van der Waals surface area (Å²) in [5.41, 5.74) is 5.69. The second-order valence-electron chi connectivity index (χ2n) is 16.2. The number of aliphatic hydroxyl groups excluding tert-OH is 1. The number of aliphatic hydroxyl groups is 1. The number of benzene rings is 4. The Labute approximate surface area is 330 Å². The quantitative estimate of drug-likeness (QED) is 0.0369. The van der Waals surface area contributed by atoms with Crippen molar-refractivity contribution in [3.05, 3.63) is 103 Å². The predicted molar refractivity (Wildman–Crippen MR) is 218 cm³/mol. The molecule has 1 aromatic heterocycles. The number of esters is 1. The monoisotopic (exact) mass is 758 g/mol. The van der Waals surface area contributed by atoms with Gasteiger partial charge in [0.15, 0.2) is 6.54 Å². The summed E-state index contributed by atoms with van der Waals surface area (Å²) in [7, 11) is 0. The van der Waals surface area contributed by atoms with Gasteiger partial charge in [-0.15, -0.1) is 0 Å². The molecule has 0 atom stereocenters. The molecular formula is C48H56NO7+. The van der Waals surface area contributed by atoms with Crippen LogP contribution in [0.3, 0.4) is 0 Å². The number of carbonyl (C=O) groups is 1. The maximum absolute atomic E-state index is 13.1. The average Bonchev–Trinajstić information content (AvgIpc) is 3.22. The van der Waals surface area contributed by atoms with Gasteiger partial charge in [0.05, 0.1) is 49.2 Å². The van der Waals surface area contributed by atoms with E-state index in [1.807, 2.05) is 24.3 Å². The fraction of sp³-hybridized carbons (Fsp3) is 0.458. The highest BCUT2D eigenvalue weighted by Crippen LogP contribution is 2.60. The van der Waals surface area contributed by atoms with Crippen LogP contribution in [0.25, 0.3) is 32.9 Å². The van der Waals surface area contributed by atoms with Gasteiger partial charge in [0.2, 0.25) is 11.0 Å². The Kier molecular flexibility index (Phi) is 12.5. The molecule has 56 heavy (non-hydrogen) atoms. The van der Waals surface area contributed by atoms with Gasteiger partial charge in [0, 0.05) is 30.7 Å². The second kappa shape index (κ2) is 18.2. The Hall–Kier alpha value is -4.50. The number of aryl methyl sites for hydroxylation is 2. The number of fused-ring (bicyclic) bond motifs is 2. The Morgan fingerprint density at radius 1 is 0.625 bits per heavy atom.